The van der Waals surface area contributed by atoms with Gasteiger partial charge in [0.15, 0.2) is 0 Å². The summed E-state index contributed by atoms with van der Waals surface area (Å²) in [6.07, 6.45) is 2.63. The molecular weight excluding hydrogens is 880 g/mol. The van der Waals surface area contributed by atoms with Crippen LogP contribution in [0.1, 0.15) is 130 Å². The fourth-order valence-electron chi connectivity index (χ4n) is 13.0. The van der Waals surface area contributed by atoms with Crippen LogP contribution in [0.15, 0.2) is 47.3 Å². The summed E-state index contributed by atoms with van der Waals surface area (Å²) in [5.74, 6) is -1.08. The van der Waals surface area contributed by atoms with Gasteiger partial charge in [-0.2, -0.15) is 0 Å². The number of benzene rings is 3. The summed E-state index contributed by atoms with van der Waals surface area (Å²) in [6, 6.07) is 12.3. The minimum Gasteiger partial charge on any atom is -0.508 e. The van der Waals surface area contributed by atoms with Gasteiger partial charge in [-0.05, 0) is 108 Å². The lowest BCUT2D eigenvalue weighted by atomic mass is 9.61. The number of ether oxygens (including phenoxy) is 2. The molecule has 2 unspecified atom stereocenters. The summed E-state index contributed by atoms with van der Waals surface area (Å²) in [5, 5.41) is 24.8. The molecule has 3 fully saturated rings. The van der Waals surface area contributed by atoms with Gasteiger partial charge >= 0.3 is 12.1 Å². The van der Waals surface area contributed by atoms with Crippen molar-refractivity contribution in [3.8, 4) is 22.9 Å². The number of aromatic hydroxyl groups is 2. The lowest BCUT2D eigenvalue weighted by molar-refractivity contribution is -0.148. The van der Waals surface area contributed by atoms with E-state index in [0.29, 0.717) is 77.4 Å². The number of hydrogen-bond donors (Lipinski definition) is 3. The number of aryl methyl sites for hydroxylation is 1. The molecule has 14 nitrogen and oxygen atoms in total. The van der Waals surface area contributed by atoms with Crippen LogP contribution in [0.4, 0.5) is 9.18 Å². The Labute approximate surface area is 399 Å². The van der Waals surface area contributed by atoms with E-state index in [0.717, 1.165) is 85.3 Å². The van der Waals surface area contributed by atoms with Crippen molar-refractivity contribution in [3.05, 3.63) is 120 Å². The van der Waals surface area contributed by atoms with E-state index in [1.54, 1.807) is 22.5 Å². The molecule has 5 aromatic rings. The highest BCUT2D eigenvalue weighted by molar-refractivity contribution is 5.98. The first kappa shape index (κ1) is 43.9. The minimum atomic E-state index is -0.547. The summed E-state index contributed by atoms with van der Waals surface area (Å²) in [4.78, 5) is 65.6. The van der Waals surface area contributed by atoms with Gasteiger partial charge in [-0.3, -0.25) is 19.3 Å². The van der Waals surface area contributed by atoms with Crippen molar-refractivity contribution in [2.24, 2.45) is 11.3 Å². The predicted octanol–water partition coefficient (Wildman–Crippen LogP) is 7.42. The summed E-state index contributed by atoms with van der Waals surface area (Å²) < 4.78 is 28.5. The zero-order valence-corrected chi connectivity index (χ0v) is 39.5. The SMILES string of the molecule is CCC1C(=O)OCc2c1cc1n(c2=O)Cc2c-1nc1cc(F)c(C)c3c1c2C(NC(=O)OC1CC2(C1)CN(CC1CN(Cc4ccc5c(c4)CN(C(=O)c4cc(C(C)C)c(O)cc4O)C5)C1)C2)CC3. The molecule has 69 heavy (non-hydrogen) atoms. The molecule has 1 spiro atoms. The number of nitrogens with one attached hydrogen (secondary N) is 1. The van der Waals surface area contributed by atoms with Gasteiger partial charge < -0.3 is 39.4 Å². The molecule has 7 heterocycles. The zero-order chi connectivity index (χ0) is 47.8. The molecule has 0 radical (unpaired) electrons. The molecule has 1 saturated carbocycles. The number of carbonyl (C=O) groups is 3. The van der Waals surface area contributed by atoms with Crippen LogP contribution >= 0.6 is 0 Å². The number of halogens is 1. The van der Waals surface area contributed by atoms with E-state index in [9.17, 15) is 29.4 Å². The molecule has 2 saturated heterocycles. The van der Waals surface area contributed by atoms with Crippen molar-refractivity contribution in [2.45, 2.75) is 117 Å². The first-order valence-electron chi connectivity index (χ1n) is 24.6. The van der Waals surface area contributed by atoms with Crippen molar-refractivity contribution in [3.63, 3.8) is 0 Å². The monoisotopic (exact) mass is 936 g/mol. The maximum Gasteiger partial charge on any atom is 0.407 e. The number of pyridine rings is 2. The van der Waals surface area contributed by atoms with Crippen LogP contribution in [0.5, 0.6) is 11.5 Å². The maximum atomic E-state index is 15.4. The number of fused-ring (bicyclic) bond motifs is 6. The molecule has 15 heteroatoms. The van der Waals surface area contributed by atoms with Gasteiger partial charge in [-0.15, -0.1) is 0 Å². The average molecular weight is 937 g/mol. The number of esters is 1. The maximum absolute atomic E-state index is 15.4. The van der Waals surface area contributed by atoms with E-state index in [1.807, 2.05) is 26.8 Å². The number of likely N-dealkylation sites (tertiary alicyclic amines) is 2. The molecule has 3 aromatic carbocycles. The topological polar surface area (TPSA) is 167 Å². The fourth-order valence-corrected chi connectivity index (χ4v) is 13.0. The molecule has 5 aliphatic heterocycles. The number of cyclic esters (lactones) is 1. The number of alkyl carbamates (subject to hydrolysis) is 1. The Morgan fingerprint density at radius 1 is 0.971 bits per heavy atom. The van der Waals surface area contributed by atoms with E-state index >= 15 is 4.39 Å². The van der Waals surface area contributed by atoms with E-state index in [1.165, 1.54) is 17.7 Å². The van der Waals surface area contributed by atoms with Gasteiger partial charge in [0.1, 0.15) is 30.0 Å². The van der Waals surface area contributed by atoms with Crippen LogP contribution in [0.25, 0.3) is 22.3 Å². The molecule has 12 rings (SSSR count). The second-order valence-corrected chi connectivity index (χ2v) is 21.4. The Morgan fingerprint density at radius 2 is 1.75 bits per heavy atom. The normalized spacial score (nSPS) is 21.3. The Kier molecular flexibility index (Phi) is 10.3. The fraction of sp³-hybridized carbons (Fsp3) is 0.463. The van der Waals surface area contributed by atoms with Crippen LogP contribution in [0.3, 0.4) is 0 Å². The quantitative estimate of drug-likeness (QED) is 0.124. The molecule has 2 aromatic heterocycles. The largest absolute Gasteiger partial charge is 0.508 e. The summed E-state index contributed by atoms with van der Waals surface area (Å²) in [5.41, 5.74) is 10.2. The highest BCUT2D eigenvalue weighted by Crippen LogP contribution is 2.51. The summed E-state index contributed by atoms with van der Waals surface area (Å²) in [6.45, 7) is 14.7. The predicted molar refractivity (Wildman–Crippen MR) is 253 cm³/mol. The number of phenols is 2. The smallest absolute Gasteiger partial charge is 0.407 e. The van der Waals surface area contributed by atoms with E-state index in [4.69, 9.17) is 14.5 Å². The van der Waals surface area contributed by atoms with Gasteiger partial charge in [0.2, 0.25) is 0 Å². The van der Waals surface area contributed by atoms with Gasteiger partial charge in [0.05, 0.1) is 46.5 Å². The number of nitrogens with zero attached hydrogens (tertiary/aromatic N) is 5. The van der Waals surface area contributed by atoms with E-state index < -0.39 is 18.1 Å². The lowest BCUT2D eigenvalue weighted by Crippen LogP contribution is -2.66. The molecule has 2 amide bonds. The van der Waals surface area contributed by atoms with Gasteiger partial charge in [0.25, 0.3) is 11.5 Å². The van der Waals surface area contributed by atoms with E-state index in [2.05, 4.69) is 33.3 Å². The standard InChI is InChI=1S/C54H57FN6O8/c1-5-34-37-12-44-49-39(23-61(44)51(65)40(37)24-68-52(34)66)48-42(9-8-35-28(4)41(55)13-43(56-49)47(35)48)57-53(67)69-33-15-54(16-33)25-59(26-54)20-30-18-58(19-30)17-29-6-7-31-21-60(22-32(31)10-29)50(64)38-11-36(27(2)3)45(62)14-46(38)63/h6-7,10-14,27,30,33-34,42,62-63H,5,8-9,15-26H2,1-4H3,(H,57,67). The van der Waals surface area contributed by atoms with Crippen molar-refractivity contribution < 1.29 is 38.5 Å². The molecule has 0 bridgehead atoms. The summed E-state index contributed by atoms with van der Waals surface area (Å²) in [7, 11) is 0. The van der Waals surface area contributed by atoms with Crippen LogP contribution in [0.2, 0.25) is 0 Å². The lowest BCUT2D eigenvalue weighted by Gasteiger charge is -2.59. The van der Waals surface area contributed by atoms with Crippen LogP contribution in [0, 0.1) is 24.1 Å². The molecule has 2 atom stereocenters. The molecule has 2 aliphatic carbocycles. The Hall–Kier alpha value is -6.32. The average Bonchev–Trinajstić information content (AvgIpc) is 3.87. The third-order valence-corrected chi connectivity index (χ3v) is 16.4. The van der Waals surface area contributed by atoms with Gasteiger partial charge in [0, 0.05) is 80.9 Å². The molecule has 7 aliphatic rings. The Morgan fingerprint density at radius 3 is 2.52 bits per heavy atom. The molecule has 358 valence electrons. The molecule has 3 N–H and O–H groups in total. The van der Waals surface area contributed by atoms with Gasteiger partial charge in [-0.25, -0.2) is 14.2 Å². The van der Waals surface area contributed by atoms with Crippen LogP contribution in [-0.4, -0.2) is 91.3 Å². The van der Waals surface area contributed by atoms with Crippen molar-refractivity contribution >= 4 is 28.9 Å². The van der Waals surface area contributed by atoms with E-state index in [-0.39, 0.29) is 70.9 Å². The first-order chi connectivity index (χ1) is 33.1. The third kappa shape index (κ3) is 7.20. The number of aromatic nitrogens is 2. The van der Waals surface area contributed by atoms with Crippen molar-refractivity contribution in [1.82, 2.24) is 29.6 Å². The first-order valence-corrected chi connectivity index (χ1v) is 24.6. The number of phenolic OH excluding ortho intramolecular Hbond substituents is 2. The number of carbonyl (C=O) groups excluding carboxylic acids is 3. The third-order valence-electron chi connectivity index (χ3n) is 16.4. The van der Waals surface area contributed by atoms with Crippen LogP contribution < -0.4 is 10.9 Å². The second kappa shape index (κ2) is 16.1. The summed E-state index contributed by atoms with van der Waals surface area (Å²) >= 11 is 0. The molecular formula is C54H57FN6O8. The van der Waals surface area contributed by atoms with Crippen molar-refractivity contribution in [2.75, 3.05) is 32.7 Å². The zero-order valence-electron chi connectivity index (χ0n) is 39.5. The second-order valence-electron chi connectivity index (χ2n) is 21.4. The number of hydrogen-bond acceptors (Lipinski definition) is 11. The highest BCUT2D eigenvalue weighted by Gasteiger charge is 2.54. The minimum absolute atomic E-state index is 0.00541. The number of amides is 2. The Balaban J connectivity index is 0.638. The highest BCUT2D eigenvalue weighted by atomic mass is 19.1. The Bertz CT molecular complexity index is 3110. The van der Waals surface area contributed by atoms with Crippen LogP contribution in [-0.2, 0) is 53.5 Å². The number of rotatable bonds is 9. The van der Waals surface area contributed by atoms with Crippen molar-refractivity contribution in [1.29, 1.82) is 0 Å². The van der Waals surface area contributed by atoms with Gasteiger partial charge in [-0.1, -0.05) is 39.0 Å².